The molecule has 0 aliphatic rings. The quantitative estimate of drug-likeness (QED) is 0.361. The van der Waals surface area contributed by atoms with E-state index in [0.717, 1.165) is 16.8 Å². The summed E-state index contributed by atoms with van der Waals surface area (Å²) in [5.74, 6) is 0.541. The van der Waals surface area contributed by atoms with Gasteiger partial charge in [-0.3, -0.25) is 9.59 Å². The standard InChI is InChI=1S/C25H26ClFN2O4/c1-15-5-6-18(13-19(15)26)24-16(2)29(3)25(28-24)21(31)9-8-20(30)17-7-10-22(33-12-11-27)23(14-17)32-4/h5-7,10,13-14H,8-9,11-12H2,1-4H3. The fourth-order valence-electron chi connectivity index (χ4n) is 3.43. The summed E-state index contributed by atoms with van der Waals surface area (Å²) in [6.07, 6.45) is 0.0317. The lowest BCUT2D eigenvalue weighted by Crippen LogP contribution is -2.11. The Labute approximate surface area is 197 Å². The molecule has 2 aromatic carbocycles. The summed E-state index contributed by atoms with van der Waals surface area (Å²) in [6.45, 7) is 3.08. The van der Waals surface area contributed by atoms with Gasteiger partial charge in [0.25, 0.3) is 0 Å². The number of halogens is 2. The molecule has 1 heterocycles. The van der Waals surface area contributed by atoms with Crippen LogP contribution in [0.4, 0.5) is 4.39 Å². The number of alkyl halides is 1. The van der Waals surface area contributed by atoms with Gasteiger partial charge in [0.05, 0.1) is 12.8 Å². The zero-order chi connectivity index (χ0) is 24.1. The lowest BCUT2D eigenvalue weighted by Gasteiger charge is -2.11. The Balaban J connectivity index is 1.73. The van der Waals surface area contributed by atoms with E-state index in [4.69, 9.17) is 21.1 Å². The first kappa shape index (κ1) is 24.5. The molecule has 0 saturated heterocycles. The van der Waals surface area contributed by atoms with E-state index in [2.05, 4.69) is 4.98 Å². The van der Waals surface area contributed by atoms with Crippen molar-refractivity contribution < 1.29 is 23.5 Å². The van der Waals surface area contributed by atoms with Gasteiger partial charge in [0.1, 0.15) is 13.3 Å². The second kappa shape index (κ2) is 10.6. The minimum Gasteiger partial charge on any atom is -0.493 e. The number of nitrogens with zero attached hydrogens (tertiary/aromatic N) is 2. The maximum absolute atomic E-state index is 12.9. The van der Waals surface area contributed by atoms with Crippen molar-refractivity contribution in [1.82, 2.24) is 9.55 Å². The molecule has 0 saturated carbocycles. The molecule has 0 radical (unpaired) electrons. The molecule has 3 aromatic rings. The molecule has 0 atom stereocenters. The molecule has 0 unspecified atom stereocenters. The van der Waals surface area contributed by atoms with Gasteiger partial charge in [0, 0.05) is 41.7 Å². The van der Waals surface area contributed by atoms with Crippen LogP contribution in [0.5, 0.6) is 11.5 Å². The number of hydrogen-bond acceptors (Lipinski definition) is 5. The van der Waals surface area contributed by atoms with Crippen LogP contribution in [0.15, 0.2) is 36.4 Å². The van der Waals surface area contributed by atoms with Crippen LogP contribution in [0.3, 0.4) is 0 Å². The van der Waals surface area contributed by atoms with Gasteiger partial charge in [-0.05, 0) is 43.7 Å². The molecule has 6 nitrogen and oxygen atoms in total. The number of hydrogen-bond donors (Lipinski definition) is 0. The van der Waals surface area contributed by atoms with E-state index < -0.39 is 6.67 Å². The molecule has 0 spiro atoms. The fraction of sp³-hybridized carbons (Fsp3) is 0.320. The highest BCUT2D eigenvalue weighted by Gasteiger charge is 2.20. The molecule has 0 N–H and O–H groups in total. The molecule has 174 valence electrons. The topological polar surface area (TPSA) is 70.4 Å². The molecule has 0 aliphatic carbocycles. The fourth-order valence-corrected chi connectivity index (χ4v) is 3.62. The van der Waals surface area contributed by atoms with Crippen LogP contribution in [0, 0.1) is 13.8 Å². The van der Waals surface area contributed by atoms with Crippen molar-refractivity contribution in [3.8, 4) is 22.8 Å². The summed E-state index contributed by atoms with van der Waals surface area (Å²) < 4.78 is 24.6. The van der Waals surface area contributed by atoms with Crippen molar-refractivity contribution in [3.05, 3.63) is 64.1 Å². The Hall–Kier alpha value is -3.19. The third-order valence-electron chi connectivity index (χ3n) is 5.48. The van der Waals surface area contributed by atoms with Crippen LogP contribution in [-0.2, 0) is 7.05 Å². The van der Waals surface area contributed by atoms with Crippen molar-refractivity contribution in [2.75, 3.05) is 20.4 Å². The van der Waals surface area contributed by atoms with E-state index in [-0.39, 0.29) is 31.0 Å². The number of methoxy groups -OCH3 is 1. The molecule has 0 aliphatic heterocycles. The van der Waals surface area contributed by atoms with Crippen LogP contribution >= 0.6 is 11.6 Å². The van der Waals surface area contributed by atoms with Gasteiger partial charge in [0.2, 0.25) is 0 Å². The van der Waals surface area contributed by atoms with Gasteiger partial charge < -0.3 is 14.0 Å². The van der Waals surface area contributed by atoms with Crippen LogP contribution < -0.4 is 9.47 Å². The molecule has 1 aromatic heterocycles. The molecule has 0 amide bonds. The third kappa shape index (κ3) is 5.42. The average Bonchev–Trinajstić information content (AvgIpc) is 3.12. The highest BCUT2D eigenvalue weighted by Crippen LogP contribution is 2.30. The van der Waals surface area contributed by atoms with Crippen molar-refractivity contribution >= 4 is 23.2 Å². The minimum absolute atomic E-state index is 0.0135. The summed E-state index contributed by atoms with van der Waals surface area (Å²) in [5, 5.41) is 0.632. The predicted molar refractivity (Wildman–Crippen MR) is 125 cm³/mol. The smallest absolute Gasteiger partial charge is 0.198 e. The molecule has 33 heavy (non-hydrogen) atoms. The second-order valence-electron chi connectivity index (χ2n) is 7.64. The van der Waals surface area contributed by atoms with Crippen molar-refractivity contribution in [2.24, 2.45) is 7.05 Å². The second-order valence-corrected chi connectivity index (χ2v) is 8.05. The van der Waals surface area contributed by atoms with Gasteiger partial charge in [-0.25, -0.2) is 9.37 Å². The monoisotopic (exact) mass is 472 g/mol. The first-order valence-corrected chi connectivity index (χ1v) is 10.9. The largest absolute Gasteiger partial charge is 0.493 e. The minimum atomic E-state index is -0.628. The molecule has 0 bridgehead atoms. The third-order valence-corrected chi connectivity index (χ3v) is 5.88. The van der Waals surface area contributed by atoms with E-state index in [1.165, 1.54) is 13.2 Å². The first-order chi connectivity index (χ1) is 15.8. The maximum Gasteiger partial charge on any atom is 0.198 e. The number of ether oxygens (including phenoxy) is 2. The Morgan fingerprint density at radius 2 is 1.79 bits per heavy atom. The zero-order valence-electron chi connectivity index (χ0n) is 19.1. The van der Waals surface area contributed by atoms with Gasteiger partial charge in [-0.15, -0.1) is 0 Å². The summed E-state index contributed by atoms with van der Waals surface area (Å²) in [6, 6.07) is 10.3. The number of benzene rings is 2. The van der Waals surface area contributed by atoms with E-state index >= 15 is 0 Å². The molecule has 3 rings (SSSR count). The lowest BCUT2D eigenvalue weighted by atomic mass is 10.0. The zero-order valence-corrected chi connectivity index (χ0v) is 19.8. The number of carbonyl (C=O) groups is 2. The van der Waals surface area contributed by atoms with Gasteiger partial charge >= 0.3 is 0 Å². The molecular formula is C25H26ClFN2O4. The highest BCUT2D eigenvalue weighted by molar-refractivity contribution is 6.31. The number of ketones is 2. The molecule has 0 fully saturated rings. The van der Waals surface area contributed by atoms with Gasteiger partial charge in [-0.1, -0.05) is 23.7 Å². The first-order valence-electron chi connectivity index (χ1n) is 10.5. The number of imidazole rings is 1. The Kier molecular flexibility index (Phi) is 7.87. The van der Waals surface area contributed by atoms with Crippen LogP contribution in [0.1, 0.15) is 45.1 Å². The lowest BCUT2D eigenvalue weighted by molar-refractivity contribution is 0.0910. The van der Waals surface area contributed by atoms with Crippen LogP contribution in [0.25, 0.3) is 11.3 Å². The number of rotatable bonds is 10. The van der Waals surface area contributed by atoms with Crippen molar-refractivity contribution in [3.63, 3.8) is 0 Å². The van der Waals surface area contributed by atoms with E-state index in [1.54, 1.807) is 23.7 Å². The summed E-state index contributed by atoms with van der Waals surface area (Å²) >= 11 is 6.25. The number of aryl methyl sites for hydroxylation is 1. The van der Waals surface area contributed by atoms with E-state index in [1.807, 2.05) is 32.0 Å². The molecule has 8 heteroatoms. The normalized spacial score (nSPS) is 10.8. The van der Waals surface area contributed by atoms with E-state index in [0.29, 0.717) is 33.6 Å². The Morgan fingerprint density at radius 3 is 2.45 bits per heavy atom. The Morgan fingerprint density at radius 1 is 1.06 bits per heavy atom. The van der Waals surface area contributed by atoms with Crippen molar-refractivity contribution in [2.45, 2.75) is 26.7 Å². The average molecular weight is 473 g/mol. The molecular weight excluding hydrogens is 447 g/mol. The summed E-state index contributed by atoms with van der Waals surface area (Å²) in [5.41, 5.74) is 3.69. The van der Waals surface area contributed by atoms with Crippen LogP contribution in [0.2, 0.25) is 5.02 Å². The summed E-state index contributed by atoms with van der Waals surface area (Å²) in [7, 11) is 3.22. The SMILES string of the molecule is COc1cc(C(=O)CCC(=O)c2nc(-c3ccc(C)c(Cl)c3)c(C)n2C)ccc1OCCF. The van der Waals surface area contributed by atoms with Crippen molar-refractivity contribution in [1.29, 1.82) is 0 Å². The number of Topliss-reactive ketones (excluding diaryl/α,β-unsaturated/α-hetero) is 2. The highest BCUT2D eigenvalue weighted by atomic mass is 35.5. The van der Waals surface area contributed by atoms with E-state index in [9.17, 15) is 14.0 Å². The van der Waals surface area contributed by atoms with Gasteiger partial charge in [-0.2, -0.15) is 0 Å². The number of carbonyl (C=O) groups excluding carboxylic acids is 2. The summed E-state index contributed by atoms with van der Waals surface area (Å²) in [4.78, 5) is 30.1. The van der Waals surface area contributed by atoms with Crippen LogP contribution in [-0.4, -0.2) is 41.5 Å². The predicted octanol–water partition coefficient (Wildman–Crippen LogP) is 5.56. The maximum atomic E-state index is 12.9. The number of aromatic nitrogens is 2. The Bertz CT molecular complexity index is 1190. The van der Waals surface area contributed by atoms with Gasteiger partial charge in [0.15, 0.2) is 28.9 Å².